The Hall–Kier alpha value is -1.75. The maximum Gasteiger partial charge on any atom is 0.259 e. The topological polar surface area (TPSA) is 77.8 Å². The van der Waals surface area contributed by atoms with E-state index in [2.05, 4.69) is 15.1 Å². The van der Waals surface area contributed by atoms with Gasteiger partial charge in [0.1, 0.15) is 0 Å². The first-order valence-electron chi connectivity index (χ1n) is 4.83. The molecule has 0 aliphatic rings. The fourth-order valence-corrected chi connectivity index (χ4v) is 1.22. The van der Waals surface area contributed by atoms with Crippen LogP contribution in [0.4, 0.5) is 0 Å². The fourth-order valence-electron chi connectivity index (χ4n) is 1.22. The Bertz CT molecular complexity index is 412. The molecule has 0 saturated carbocycles. The zero-order chi connectivity index (χ0) is 10.5. The molecule has 0 atom stereocenters. The number of nitrogens with zero attached hydrogens (tertiary/aromatic N) is 3. The molecule has 5 nitrogen and oxygen atoms in total. The molecule has 0 aliphatic carbocycles. The van der Waals surface area contributed by atoms with Crippen molar-refractivity contribution in [3.05, 3.63) is 30.4 Å². The molecule has 0 fully saturated rings. The number of aryl methyl sites for hydroxylation is 1. The molecule has 0 unspecified atom stereocenters. The van der Waals surface area contributed by atoms with Gasteiger partial charge in [-0.15, -0.1) is 0 Å². The molecule has 0 aliphatic heterocycles. The lowest BCUT2D eigenvalue weighted by Gasteiger charge is -1.90. The van der Waals surface area contributed by atoms with Crippen molar-refractivity contribution in [3.8, 4) is 11.5 Å². The molecule has 0 bridgehead atoms. The molecule has 0 spiro atoms. The van der Waals surface area contributed by atoms with Crippen LogP contribution in [-0.2, 0) is 6.42 Å². The molecule has 2 aromatic rings. The Labute approximate surface area is 87.3 Å². The van der Waals surface area contributed by atoms with Crippen molar-refractivity contribution in [1.29, 1.82) is 0 Å². The summed E-state index contributed by atoms with van der Waals surface area (Å²) in [6.07, 6.45) is 5.02. The second kappa shape index (κ2) is 4.65. The average molecular weight is 204 g/mol. The van der Waals surface area contributed by atoms with Crippen LogP contribution < -0.4 is 5.73 Å². The van der Waals surface area contributed by atoms with Crippen molar-refractivity contribution in [2.75, 3.05) is 6.54 Å². The van der Waals surface area contributed by atoms with Gasteiger partial charge in [0.25, 0.3) is 5.89 Å². The first kappa shape index (κ1) is 9.79. The van der Waals surface area contributed by atoms with Gasteiger partial charge in [0, 0.05) is 18.8 Å². The van der Waals surface area contributed by atoms with Crippen LogP contribution in [0.2, 0.25) is 0 Å². The molecule has 5 heteroatoms. The fraction of sp³-hybridized carbons (Fsp3) is 0.300. The Morgan fingerprint density at radius 2 is 2.33 bits per heavy atom. The number of hydrogen-bond donors (Lipinski definition) is 1. The smallest absolute Gasteiger partial charge is 0.259 e. The normalized spacial score (nSPS) is 10.5. The highest BCUT2D eigenvalue weighted by molar-refractivity contribution is 5.50. The van der Waals surface area contributed by atoms with E-state index in [1.807, 2.05) is 12.1 Å². The number of nitrogens with two attached hydrogens (primary N) is 1. The largest absolute Gasteiger partial charge is 0.334 e. The number of rotatable bonds is 4. The second-order valence-electron chi connectivity index (χ2n) is 3.15. The summed E-state index contributed by atoms with van der Waals surface area (Å²) in [6, 6.07) is 3.71. The van der Waals surface area contributed by atoms with E-state index in [4.69, 9.17) is 10.3 Å². The molecule has 2 aromatic heterocycles. The summed E-state index contributed by atoms with van der Waals surface area (Å²) in [5.41, 5.74) is 6.24. The lowest BCUT2D eigenvalue weighted by molar-refractivity contribution is 0.421. The van der Waals surface area contributed by atoms with Crippen LogP contribution in [0.15, 0.2) is 29.0 Å². The van der Waals surface area contributed by atoms with E-state index in [0.29, 0.717) is 18.3 Å². The van der Waals surface area contributed by atoms with Gasteiger partial charge in [0.05, 0.1) is 5.56 Å². The van der Waals surface area contributed by atoms with Crippen molar-refractivity contribution in [1.82, 2.24) is 15.1 Å². The molecule has 78 valence electrons. The Morgan fingerprint density at radius 3 is 3.07 bits per heavy atom. The van der Waals surface area contributed by atoms with Crippen molar-refractivity contribution in [2.45, 2.75) is 12.8 Å². The van der Waals surface area contributed by atoms with Crippen LogP contribution in [0.5, 0.6) is 0 Å². The van der Waals surface area contributed by atoms with E-state index in [1.54, 1.807) is 12.4 Å². The summed E-state index contributed by atoms with van der Waals surface area (Å²) in [4.78, 5) is 8.23. The van der Waals surface area contributed by atoms with E-state index >= 15 is 0 Å². The maximum atomic E-state index is 5.40. The summed E-state index contributed by atoms with van der Waals surface area (Å²) in [7, 11) is 0. The van der Waals surface area contributed by atoms with Crippen molar-refractivity contribution < 1.29 is 4.52 Å². The van der Waals surface area contributed by atoms with Gasteiger partial charge in [0.15, 0.2) is 5.82 Å². The van der Waals surface area contributed by atoms with E-state index in [9.17, 15) is 0 Å². The van der Waals surface area contributed by atoms with Crippen LogP contribution >= 0.6 is 0 Å². The highest BCUT2D eigenvalue weighted by atomic mass is 16.5. The lowest BCUT2D eigenvalue weighted by Crippen LogP contribution is -2.01. The SMILES string of the molecule is NCCCc1noc(-c2cccnc2)n1. The summed E-state index contributed by atoms with van der Waals surface area (Å²) >= 11 is 0. The molecule has 0 saturated heterocycles. The monoisotopic (exact) mass is 204 g/mol. The average Bonchev–Trinajstić information content (AvgIpc) is 2.76. The number of pyridine rings is 1. The van der Waals surface area contributed by atoms with Crippen LogP contribution in [0.1, 0.15) is 12.2 Å². The summed E-state index contributed by atoms with van der Waals surface area (Å²) < 4.78 is 5.11. The van der Waals surface area contributed by atoms with Crippen molar-refractivity contribution in [3.63, 3.8) is 0 Å². The predicted molar refractivity (Wildman–Crippen MR) is 54.9 cm³/mol. The van der Waals surface area contributed by atoms with Crippen LogP contribution in [0, 0.1) is 0 Å². The van der Waals surface area contributed by atoms with E-state index < -0.39 is 0 Å². The zero-order valence-corrected chi connectivity index (χ0v) is 8.26. The second-order valence-corrected chi connectivity index (χ2v) is 3.15. The minimum absolute atomic E-state index is 0.509. The highest BCUT2D eigenvalue weighted by Crippen LogP contribution is 2.15. The minimum Gasteiger partial charge on any atom is -0.334 e. The van der Waals surface area contributed by atoms with Gasteiger partial charge >= 0.3 is 0 Å². The molecule has 2 N–H and O–H groups in total. The van der Waals surface area contributed by atoms with Crippen LogP contribution in [-0.4, -0.2) is 21.7 Å². The van der Waals surface area contributed by atoms with E-state index in [1.165, 1.54) is 0 Å². The molecule has 0 radical (unpaired) electrons. The Kier molecular flexibility index (Phi) is 3.04. The zero-order valence-electron chi connectivity index (χ0n) is 8.26. The minimum atomic E-state index is 0.509. The van der Waals surface area contributed by atoms with Gasteiger partial charge in [0.2, 0.25) is 0 Å². The molecule has 2 heterocycles. The van der Waals surface area contributed by atoms with Crippen molar-refractivity contribution in [2.24, 2.45) is 5.73 Å². The quantitative estimate of drug-likeness (QED) is 0.804. The molecule has 2 rings (SSSR count). The maximum absolute atomic E-state index is 5.40. The molecule has 0 aromatic carbocycles. The van der Waals surface area contributed by atoms with Crippen molar-refractivity contribution >= 4 is 0 Å². The van der Waals surface area contributed by atoms with Gasteiger partial charge in [-0.3, -0.25) is 4.98 Å². The highest BCUT2D eigenvalue weighted by Gasteiger charge is 2.07. The first-order valence-corrected chi connectivity index (χ1v) is 4.83. The third-order valence-corrected chi connectivity index (χ3v) is 1.98. The van der Waals surface area contributed by atoms with E-state index in [-0.39, 0.29) is 0 Å². The molecular formula is C10H12N4O. The van der Waals surface area contributed by atoms with E-state index in [0.717, 1.165) is 18.4 Å². The lowest BCUT2D eigenvalue weighted by atomic mass is 10.3. The third kappa shape index (κ3) is 2.38. The number of hydrogen-bond acceptors (Lipinski definition) is 5. The van der Waals surface area contributed by atoms with Gasteiger partial charge in [-0.1, -0.05) is 5.16 Å². The van der Waals surface area contributed by atoms with Crippen LogP contribution in [0.3, 0.4) is 0 Å². The Morgan fingerprint density at radius 1 is 1.40 bits per heavy atom. The summed E-state index contributed by atoms with van der Waals surface area (Å²) in [5.74, 6) is 1.20. The standard InChI is InChI=1S/C10H12N4O/c11-5-1-4-9-13-10(15-14-9)8-3-2-6-12-7-8/h2-3,6-7H,1,4-5,11H2. The predicted octanol–water partition coefficient (Wildman–Crippen LogP) is 1.02. The van der Waals surface area contributed by atoms with Gasteiger partial charge in [-0.05, 0) is 25.1 Å². The molecule has 0 amide bonds. The van der Waals surface area contributed by atoms with Gasteiger partial charge < -0.3 is 10.3 Å². The molecule has 15 heavy (non-hydrogen) atoms. The summed E-state index contributed by atoms with van der Waals surface area (Å²) in [5, 5.41) is 3.86. The Balaban J connectivity index is 2.14. The van der Waals surface area contributed by atoms with Crippen LogP contribution in [0.25, 0.3) is 11.5 Å². The summed E-state index contributed by atoms with van der Waals surface area (Å²) in [6.45, 7) is 0.636. The number of aromatic nitrogens is 3. The van der Waals surface area contributed by atoms with Gasteiger partial charge in [-0.2, -0.15) is 4.98 Å². The van der Waals surface area contributed by atoms with Gasteiger partial charge in [-0.25, -0.2) is 0 Å². The first-order chi connectivity index (χ1) is 7.40. The third-order valence-electron chi connectivity index (χ3n) is 1.98. The molecular weight excluding hydrogens is 192 g/mol.